The van der Waals surface area contributed by atoms with Crippen LogP contribution in [0.25, 0.3) is 11.4 Å². The van der Waals surface area contributed by atoms with E-state index in [2.05, 4.69) is 5.32 Å². The summed E-state index contributed by atoms with van der Waals surface area (Å²) < 4.78 is 20.0. The van der Waals surface area contributed by atoms with Crippen molar-refractivity contribution in [3.8, 4) is 22.9 Å². The molecule has 1 saturated carbocycles. The molecule has 7 nitrogen and oxygen atoms in total. The van der Waals surface area contributed by atoms with Crippen molar-refractivity contribution in [2.75, 3.05) is 33.4 Å². The molecule has 1 aliphatic carbocycles. The van der Waals surface area contributed by atoms with E-state index in [9.17, 15) is 4.79 Å². The standard InChI is InChI=1S/C25H31N3O4/c1-30-18-14-26-15-19-31-22-10-6-20(7-11-22)27-16-17-28(25(27)29)21-8-12-24(13-9-21)32-23-4-2-3-5-23/h6-13,16-17,23,26H,2-5,14-15,18-19H2,1H3. The predicted octanol–water partition coefficient (Wildman–Crippen LogP) is 3.56. The van der Waals surface area contributed by atoms with Crippen LogP contribution < -0.4 is 20.5 Å². The third kappa shape index (κ3) is 5.60. The maximum absolute atomic E-state index is 13.0. The molecule has 1 heterocycles. The van der Waals surface area contributed by atoms with Crippen molar-refractivity contribution in [2.24, 2.45) is 0 Å². The molecule has 0 radical (unpaired) electrons. The molecule has 0 amide bonds. The van der Waals surface area contributed by atoms with E-state index in [1.165, 1.54) is 12.8 Å². The molecule has 1 N–H and O–H groups in total. The minimum absolute atomic E-state index is 0.120. The molecule has 0 bridgehead atoms. The van der Waals surface area contributed by atoms with Gasteiger partial charge < -0.3 is 19.5 Å². The van der Waals surface area contributed by atoms with Gasteiger partial charge in [-0.2, -0.15) is 0 Å². The monoisotopic (exact) mass is 437 g/mol. The molecule has 1 aliphatic rings. The number of imidazole rings is 1. The Hall–Kier alpha value is -3.03. The van der Waals surface area contributed by atoms with Gasteiger partial charge in [-0.1, -0.05) is 0 Å². The number of hydrogen-bond acceptors (Lipinski definition) is 5. The average Bonchev–Trinajstić information content (AvgIpc) is 3.47. The smallest absolute Gasteiger partial charge is 0.337 e. The first-order valence-electron chi connectivity index (χ1n) is 11.2. The Labute approximate surface area is 188 Å². The highest BCUT2D eigenvalue weighted by molar-refractivity contribution is 5.40. The van der Waals surface area contributed by atoms with Crippen LogP contribution in [0.4, 0.5) is 0 Å². The Bertz CT molecular complexity index is 1020. The first kappa shape index (κ1) is 22.2. The van der Waals surface area contributed by atoms with Crippen LogP contribution in [0.2, 0.25) is 0 Å². The normalized spacial score (nSPS) is 14.0. The third-order valence-electron chi connectivity index (χ3n) is 5.64. The number of hydrogen-bond donors (Lipinski definition) is 1. The molecule has 170 valence electrons. The summed E-state index contributed by atoms with van der Waals surface area (Å²) in [5.41, 5.74) is 1.49. The van der Waals surface area contributed by atoms with Gasteiger partial charge in [0.1, 0.15) is 18.1 Å². The van der Waals surface area contributed by atoms with Gasteiger partial charge in [0.05, 0.1) is 24.1 Å². The van der Waals surface area contributed by atoms with Crippen LogP contribution >= 0.6 is 0 Å². The summed E-state index contributed by atoms with van der Waals surface area (Å²) in [6, 6.07) is 15.3. The fourth-order valence-corrected chi connectivity index (χ4v) is 3.90. The van der Waals surface area contributed by atoms with Gasteiger partial charge in [0.15, 0.2) is 0 Å². The lowest BCUT2D eigenvalue weighted by atomic mass is 10.2. The van der Waals surface area contributed by atoms with Crippen LogP contribution in [0.3, 0.4) is 0 Å². The molecule has 7 heteroatoms. The fourth-order valence-electron chi connectivity index (χ4n) is 3.90. The van der Waals surface area contributed by atoms with Crippen molar-refractivity contribution in [1.29, 1.82) is 0 Å². The van der Waals surface area contributed by atoms with Crippen LogP contribution in [0, 0.1) is 0 Å². The number of benzene rings is 2. The molecule has 1 fully saturated rings. The molecule has 0 spiro atoms. The summed E-state index contributed by atoms with van der Waals surface area (Å²) in [7, 11) is 1.68. The van der Waals surface area contributed by atoms with Crippen molar-refractivity contribution in [3.05, 3.63) is 71.4 Å². The van der Waals surface area contributed by atoms with E-state index in [0.717, 1.165) is 48.8 Å². The van der Waals surface area contributed by atoms with Gasteiger partial charge in [-0.25, -0.2) is 4.79 Å². The van der Waals surface area contributed by atoms with Crippen LogP contribution in [0.5, 0.6) is 11.5 Å². The number of rotatable bonds is 11. The zero-order chi connectivity index (χ0) is 22.2. The first-order valence-corrected chi connectivity index (χ1v) is 11.2. The fraction of sp³-hybridized carbons (Fsp3) is 0.400. The maximum atomic E-state index is 13.0. The summed E-state index contributed by atoms with van der Waals surface area (Å²) in [6.07, 6.45) is 8.61. The molecule has 0 aliphatic heterocycles. The van der Waals surface area contributed by atoms with Gasteiger partial charge in [0.25, 0.3) is 0 Å². The number of nitrogens with one attached hydrogen (secondary N) is 1. The summed E-state index contributed by atoms with van der Waals surface area (Å²) in [4.78, 5) is 13.0. The number of nitrogens with zero attached hydrogens (tertiary/aromatic N) is 2. The van der Waals surface area contributed by atoms with Gasteiger partial charge in [-0.05, 0) is 74.2 Å². The molecule has 32 heavy (non-hydrogen) atoms. The number of methoxy groups -OCH3 is 1. The highest BCUT2D eigenvalue weighted by Gasteiger charge is 2.16. The van der Waals surface area contributed by atoms with E-state index < -0.39 is 0 Å². The zero-order valence-electron chi connectivity index (χ0n) is 18.5. The predicted molar refractivity (Wildman–Crippen MR) is 124 cm³/mol. The molecule has 0 atom stereocenters. The van der Waals surface area contributed by atoms with Crippen molar-refractivity contribution in [2.45, 2.75) is 31.8 Å². The van der Waals surface area contributed by atoms with E-state index in [1.54, 1.807) is 28.6 Å². The van der Waals surface area contributed by atoms with E-state index in [0.29, 0.717) is 19.3 Å². The van der Waals surface area contributed by atoms with Crippen molar-refractivity contribution in [1.82, 2.24) is 14.5 Å². The lowest BCUT2D eigenvalue weighted by Gasteiger charge is -2.13. The second kappa shape index (κ2) is 11.0. The Morgan fingerprint density at radius 1 is 0.844 bits per heavy atom. The molecule has 4 rings (SSSR count). The van der Waals surface area contributed by atoms with Crippen LogP contribution in [-0.2, 0) is 4.74 Å². The Kier molecular flexibility index (Phi) is 7.64. The molecular weight excluding hydrogens is 406 g/mol. The van der Waals surface area contributed by atoms with Crippen molar-refractivity contribution in [3.63, 3.8) is 0 Å². The lowest BCUT2D eigenvalue weighted by Crippen LogP contribution is -2.24. The van der Waals surface area contributed by atoms with E-state index in [4.69, 9.17) is 14.2 Å². The van der Waals surface area contributed by atoms with Gasteiger partial charge in [-0.15, -0.1) is 0 Å². The van der Waals surface area contributed by atoms with E-state index in [1.807, 2.05) is 48.5 Å². The number of aromatic nitrogens is 2. The van der Waals surface area contributed by atoms with Crippen molar-refractivity contribution < 1.29 is 14.2 Å². The SMILES string of the molecule is COCCNCCOc1ccc(-n2ccn(-c3ccc(OC4CCCC4)cc3)c2=O)cc1. The minimum Gasteiger partial charge on any atom is -0.492 e. The quantitative estimate of drug-likeness (QED) is 0.465. The number of ether oxygens (including phenoxy) is 3. The summed E-state index contributed by atoms with van der Waals surface area (Å²) in [6.45, 7) is 2.80. The van der Waals surface area contributed by atoms with Crippen LogP contribution in [-0.4, -0.2) is 48.7 Å². The van der Waals surface area contributed by atoms with E-state index >= 15 is 0 Å². The molecular formula is C25H31N3O4. The largest absolute Gasteiger partial charge is 0.492 e. The Morgan fingerprint density at radius 3 is 2.00 bits per heavy atom. The highest BCUT2D eigenvalue weighted by atomic mass is 16.5. The highest BCUT2D eigenvalue weighted by Crippen LogP contribution is 2.24. The van der Waals surface area contributed by atoms with Crippen LogP contribution in [0.1, 0.15) is 25.7 Å². The molecule has 0 saturated heterocycles. The second-order valence-electron chi connectivity index (χ2n) is 7.92. The second-order valence-corrected chi connectivity index (χ2v) is 7.92. The Morgan fingerprint density at radius 2 is 1.41 bits per heavy atom. The van der Waals surface area contributed by atoms with Gasteiger partial charge in [-0.3, -0.25) is 9.13 Å². The van der Waals surface area contributed by atoms with E-state index in [-0.39, 0.29) is 5.69 Å². The average molecular weight is 438 g/mol. The molecule has 2 aromatic carbocycles. The summed E-state index contributed by atoms with van der Waals surface area (Å²) in [5, 5.41) is 3.23. The molecule has 1 aromatic heterocycles. The van der Waals surface area contributed by atoms with Gasteiger partial charge in [0, 0.05) is 32.6 Å². The topological polar surface area (TPSA) is 66.7 Å². The Balaban J connectivity index is 1.36. The first-order chi connectivity index (χ1) is 15.7. The van der Waals surface area contributed by atoms with Gasteiger partial charge >= 0.3 is 5.69 Å². The van der Waals surface area contributed by atoms with Gasteiger partial charge in [0.2, 0.25) is 0 Å². The summed E-state index contributed by atoms with van der Waals surface area (Å²) in [5.74, 6) is 1.63. The molecule has 0 unspecified atom stereocenters. The van der Waals surface area contributed by atoms with Crippen LogP contribution in [0.15, 0.2) is 65.7 Å². The minimum atomic E-state index is -0.120. The third-order valence-corrected chi connectivity index (χ3v) is 5.64. The maximum Gasteiger partial charge on any atom is 0.337 e. The zero-order valence-corrected chi connectivity index (χ0v) is 18.5. The lowest BCUT2D eigenvalue weighted by molar-refractivity contribution is 0.197. The van der Waals surface area contributed by atoms with Crippen molar-refractivity contribution >= 4 is 0 Å². The molecule has 3 aromatic rings. The summed E-state index contributed by atoms with van der Waals surface area (Å²) >= 11 is 0.